The summed E-state index contributed by atoms with van der Waals surface area (Å²) >= 11 is 0. The van der Waals surface area contributed by atoms with Gasteiger partial charge in [0.15, 0.2) is 5.82 Å². The molecule has 3 aromatic heterocycles. The monoisotopic (exact) mass is 533 g/mol. The van der Waals surface area contributed by atoms with Gasteiger partial charge >= 0.3 is 0 Å². The van der Waals surface area contributed by atoms with Crippen LogP contribution in [0.2, 0.25) is 0 Å². The van der Waals surface area contributed by atoms with Crippen molar-refractivity contribution in [2.75, 3.05) is 33.3 Å². The van der Waals surface area contributed by atoms with Crippen LogP contribution in [0, 0.1) is 23.2 Å². The van der Waals surface area contributed by atoms with Crippen molar-refractivity contribution in [3.05, 3.63) is 30.4 Å². The maximum atomic E-state index is 13.7. The third-order valence-electron chi connectivity index (χ3n) is 8.94. The number of aromatic nitrogens is 5. The van der Waals surface area contributed by atoms with Crippen LogP contribution in [0.3, 0.4) is 0 Å². The first-order valence-corrected chi connectivity index (χ1v) is 13.8. The zero-order chi connectivity index (χ0) is 27.3. The minimum absolute atomic E-state index is 0.208. The Morgan fingerprint density at radius 3 is 2.38 bits per heavy atom. The number of piperazine rings is 1. The van der Waals surface area contributed by atoms with E-state index in [1.54, 1.807) is 11.1 Å². The lowest BCUT2D eigenvalue weighted by atomic mass is 9.59. The molecule has 6 rings (SSSR count). The molecule has 2 amide bonds. The number of carbonyl (C=O) groups excluding carboxylic acids is 3. The van der Waals surface area contributed by atoms with E-state index in [-0.39, 0.29) is 16.9 Å². The Morgan fingerprint density at radius 1 is 1.05 bits per heavy atom. The molecule has 0 aromatic carbocycles. The van der Waals surface area contributed by atoms with Crippen molar-refractivity contribution >= 4 is 28.5 Å². The second kappa shape index (κ2) is 9.77. The molecule has 0 spiro atoms. The van der Waals surface area contributed by atoms with Crippen LogP contribution in [-0.2, 0) is 9.59 Å². The number of ketones is 1. The number of Topliss-reactive ketones (excluding diaryl/α,β-unsaturated/α-hetero) is 1. The highest BCUT2D eigenvalue weighted by Crippen LogP contribution is 2.51. The van der Waals surface area contributed by atoms with Gasteiger partial charge in [-0.15, -0.1) is 5.10 Å². The normalized spacial score (nSPS) is 27.0. The lowest BCUT2D eigenvalue weighted by Gasteiger charge is -2.48. The number of fused-ring (bicyclic) bond motifs is 3. The van der Waals surface area contributed by atoms with Gasteiger partial charge in [-0.05, 0) is 49.9 Å². The lowest BCUT2D eigenvalue weighted by Crippen LogP contribution is -2.56. The average molecular weight is 534 g/mol. The summed E-state index contributed by atoms with van der Waals surface area (Å²) in [6.07, 6.45) is 11.8. The SMILES string of the molecule is COc1cnc(-n2ccnn2)c2[nH]cc(C(=O)C(=O)N3CCN(C(=O)C4(C)CC5CC(C)CC(C5)C4)CC3)c12. The van der Waals surface area contributed by atoms with Crippen LogP contribution < -0.4 is 4.74 Å². The van der Waals surface area contributed by atoms with Crippen molar-refractivity contribution < 1.29 is 19.1 Å². The molecule has 1 saturated heterocycles. The molecule has 11 heteroatoms. The maximum absolute atomic E-state index is 13.7. The molecule has 3 aromatic rings. The van der Waals surface area contributed by atoms with Crippen LogP contribution >= 0.6 is 0 Å². The van der Waals surface area contributed by atoms with Crippen molar-refractivity contribution in [1.82, 2.24) is 34.8 Å². The van der Waals surface area contributed by atoms with Crippen LogP contribution in [0.4, 0.5) is 0 Å². The van der Waals surface area contributed by atoms with Crippen molar-refractivity contribution in [3.63, 3.8) is 0 Å². The van der Waals surface area contributed by atoms with Crippen LogP contribution in [0.15, 0.2) is 24.8 Å². The molecule has 3 aliphatic rings. The van der Waals surface area contributed by atoms with Gasteiger partial charge < -0.3 is 19.5 Å². The van der Waals surface area contributed by atoms with Gasteiger partial charge in [-0.3, -0.25) is 14.4 Å². The molecule has 2 unspecified atom stereocenters. The molecule has 1 aliphatic heterocycles. The first-order chi connectivity index (χ1) is 18.8. The highest BCUT2D eigenvalue weighted by molar-refractivity contribution is 6.45. The third kappa shape index (κ3) is 4.47. The number of pyridine rings is 1. The standard InChI is InChI=1S/C28H35N7O4/c1-17-10-18-12-19(11-17)14-28(2,13-18)27(38)34-8-6-33(7-9-34)26(37)24(36)20-15-29-23-22(20)21(39-3)16-30-25(23)35-5-4-31-32-35/h4-5,15-19,29H,6-14H2,1-3H3. The molecule has 39 heavy (non-hydrogen) atoms. The van der Waals surface area contributed by atoms with Crippen molar-refractivity contribution in [1.29, 1.82) is 0 Å². The van der Waals surface area contributed by atoms with Gasteiger partial charge in [0, 0.05) is 37.8 Å². The van der Waals surface area contributed by atoms with Gasteiger partial charge in [0.1, 0.15) is 5.75 Å². The summed E-state index contributed by atoms with van der Waals surface area (Å²) in [5.74, 6) is 1.83. The third-order valence-corrected chi connectivity index (χ3v) is 8.94. The van der Waals surface area contributed by atoms with E-state index in [1.165, 1.54) is 49.6 Å². The van der Waals surface area contributed by atoms with Gasteiger partial charge in [-0.25, -0.2) is 9.67 Å². The molecular weight excluding hydrogens is 498 g/mol. The number of methoxy groups -OCH3 is 1. The van der Waals surface area contributed by atoms with E-state index in [2.05, 4.69) is 34.1 Å². The highest BCUT2D eigenvalue weighted by atomic mass is 16.5. The minimum Gasteiger partial charge on any atom is -0.494 e. The van der Waals surface area contributed by atoms with Crippen LogP contribution in [0.5, 0.6) is 5.75 Å². The highest BCUT2D eigenvalue weighted by Gasteiger charge is 2.47. The first-order valence-electron chi connectivity index (χ1n) is 13.8. The van der Waals surface area contributed by atoms with Crippen LogP contribution in [0.25, 0.3) is 16.7 Å². The quantitative estimate of drug-likeness (QED) is 0.395. The molecule has 2 saturated carbocycles. The number of H-pyrrole nitrogens is 1. The molecule has 1 N–H and O–H groups in total. The number of ether oxygens (including phenoxy) is 1. The number of rotatable bonds is 5. The number of nitrogens with zero attached hydrogens (tertiary/aromatic N) is 6. The summed E-state index contributed by atoms with van der Waals surface area (Å²) in [6, 6.07) is 0. The van der Waals surface area contributed by atoms with Gasteiger partial charge in [0.25, 0.3) is 11.7 Å². The summed E-state index contributed by atoms with van der Waals surface area (Å²) in [5, 5.41) is 8.27. The molecule has 3 fully saturated rings. The molecule has 2 bridgehead atoms. The molecule has 0 radical (unpaired) electrons. The lowest BCUT2D eigenvalue weighted by molar-refractivity contribution is -0.150. The summed E-state index contributed by atoms with van der Waals surface area (Å²) in [4.78, 5) is 51.3. The Morgan fingerprint density at radius 2 is 1.74 bits per heavy atom. The molecule has 206 valence electrons. The molecule has 2 atom stereocenters. The summed E-state index contributed by atoms with van der Waals surface area (Å²) in [6.45, 7) is 6.02. The zero-order valence-corrected chi connectivity index (χ0v) is 22.7. The summed E-state index contributed by atoms with van der Waals surface area (Å²) in [5.41, 5.74) is 0.405. The van der Waals surface area contributed by atoms with Crippen LogP contribution in [-0.4, -0.2) is 85.6 Å². The van der Waals surface area contributed by atoms with E-state index in [4.69, 9.17) is 4.74 Å². The van der Waals surface area contributed by atoms with E-state index in [9.17, 15) is 14.4 Å². The van der Waals surface area contributed by atoms with Crippen LogP contribution in [0.1, 0.15) is 56.3 Å². The Kier molecular flexibility index (Phi) is 6.39. The molecule has 11 nitrogen and oxygen atoms in total. The number of amides is 2. The Bertz CT molecular complexity index is 1390. The fourth-order valence-corrected chi connectivity index (χ4v) is 7.45. The predicted molar refractivity (Wildman–Crippen MR) is 142 cm³/mol. The van der Waals surface area contributed by atoms with E-state index < -0.39 is 11.7 Å². The molecule has 4 heterocycles. The summed E-state index contributed by atoms with van der Waals surface area (Å²) < 4.78 is 6.94. The van der Waals surface area contributed by atoms with Gasteiger partial charge in [0.2, 0.25) is 5.91 Å². The first kappa shape index (κ1) is 25.5. The molecule has 2 aliphatic carbocycles. The second-order valence-electron chi connectivity index (χ2n) is 11.9. The molecular formula is C28H35N7O4. The Balaban J connectivity index is 1.15. The number of carbonyl (C=O) groups is 3. The predicted octanol–water partition coefficient (Wildman–Crippen LogP) is 2.86. The van der Waals surface area contributed by atoms with Crippen molar-refractivity contribution in [3.8, 4) is 11.6 Å². The van der Waals surface area contributed by atoms with Crippen molar-refractivity contribution in [2.24, 2.45) is 23.2 Å². The Labute approximate surface area is 226 Å². The van der Waals surface area contributed by atoms with E-state index in [0.29, 0.717) is 60.5 Å². The number of aromatic amines is 1. The fourth-order valence-electron chi connectivity index (χ4n) is 7.45. The van der Waals surface area contributed by atoms with Gasteiger partial charge in [-0.1, -0.05) is 19.1 Å². The van der Waals surface area contributed by atoms with Gasteiger partial charge in [-0.2, -0.15) is 0 Å². The largest absolute Gasteiger partial charge is 0.494 e. The number of hydrogen-bond donors (Lipinski definition) is 1. The fraction of sp³-hybridized carbons (Fsp3) is 0.571. The average Bonchev–Trinajstić information content (AvgIpc) is 3.62. The zero-order valence-electron chi connectivity index (χ0n) is 22.7. The Hall–Kier alpha value is -3.76. The van der Waals surface area contributed by atoms with Gasteiger partial charge in [0.05, 0.1) is 42.2 Å². The summed E-state index contributed by atoms with van der Waals surface area (Å²) in [7, 11) is 1.49. The van der Waals surface area contributed by atoms with E-state index in [1.807, 2.05) is 4.90 Å². The minimum atomic E-state index is -0.628. The van der Waals surface area contributed by atoms with Crippen molar-refractivity contribution in [2.45, 2.75) is 46.0 Å². The second-order valence-corrected chi connectivity index (χ2v) is 11.9. The number of nitrogens with one attached hydrogen (secondary N) is 1. The van der Waals surface area contributed by atoms with E-state index in [0.717, 1.165) is 18.8 Å². The smallest absolute Gasteiger partial charge is 0.295 e. The topological polar surface area (TPSA) is 126 Å². The van der Waals surface area contributed by atoms with E-state index >= 15 is 0 Å². The maximum Gasteiger partial charge on any atom is 0.295 e. The number of hydrogen-bond acceptors (Lipinski definition) is 7.